The fourth-order valence-electron chi connectivity index (χ4n) is 2.04. The molecule has 0 aliphatic heterocycles. The van der Waals surface area contributed by atoms with Gasteiger partial charge in [0.15, 0.2) is 0 Å². The van der Waals surface area contributed by atoms with Gasteiger partial charge in [0.25, 0.3) is 0 Å². The molecule has 1 aromatic heterocycles. The number of aromatic nitrogens is 1. The van der Waals surface area contributed by atoms with E-state index in [1.165, 1.54) is 0 Å². The van der Waals surface area contributed by atoms with Gasteiger partial charge in [0.1, 0.15) is 0 Å². The molecule has 0 bridgehead atoms. The van der Waals surface area contributed by atoms with E-state index in [1.807, 2.05) is 30.3 Å². The molecular weight excluding hydrogens is 240 g/mol. The highest BCUT2D eigenvalue weighted by atomic mass is 16.5. The van der Waals surface area contributed by atoms with Crippen molar-refractivity contribution in [1.82, 2.24) is 4.98 Å². The minimum atomic E-state index is -0.512. The summed E-state index contributed by atoms with van der Waals surface area (Å²) in [5, 5.41) is 14.1. The fourth-order valence-corrected chi connectivity index (χ4v) is 2.04. The van der Waals surface area contributed by atoms with Crippen molar-refractivity contribution >= 4 is 16.6 Å². The van der Waals surface area contributed by atoms with Gasteiger partial charge < -0.3 is 15.2 Å². The van der Waals surface area contributed by atoms with Crippen molar-refractivity contribution < 1.29 is 9.84 Å². The first-order chi connectivity index (χ1) is 9.24. The second-order valence-corrected chi connectivity index (χ2v) is 4.52. The molecule has 0 amide bonds. The van der Waals surface area contributed by atoms with Gasteiger partial charge in [-0.3, -0.25) is 4.98 Å². The second-order valence-electron chi connectivity index (χ2n) is 4.52. The number of aliphatic hydroxyl groups excluding tert-OH is 1. The first-order valence-electron chi connectivity index (χ1n) is 6.54. The third kappa shape index (κ3) is 3.43. The van der Waals surface area contributed by atoms with E-state index in [4.69, 9.17) is 4.74 Å². The van der Waals surface area contributed by atoms with Crippen LogP contribution in [-0.2, 0) is 11.2 Å². The molecule has 4 nitrogen and oxygen atoms in total. The Morgan fingerprint density at radius 1 is 1.37 bits per heavy atom. The Morgan fingerprint density at radius 3 is 2.89 bits per heavy atom. The summed E-state index contributed by atoms with van der Waals surface area (Å²) in [4.78, 5) is 4.59. The molecule has 0 aliphatic rings. The maximum absolute atomic E-state index is 9.71. The molecule has 1 atom stereocenters. The molecule has 2 aromatic rings. The number of para-hydroxylation sites is 1. The lowest BCUT2D eigenvalue weighted by atomic mass is 10.1. The zero-order valence-electron chi connectivity index (χ0n) is 11.4. The van der Waals surface area contributed by atoms with Crippen molar-refractivity contribution in [3.63, 3.8) is 0 Å². The molecule has 0 aliphatic carbocycles. The van der Waals surface area contributed by atoms with Gasteiger partial charge in [-0.1, -0.05) is 25.1 Å². The lowest BCUT2D eigenvalue weighted by Crippen LogP contribution is -2.24. The van der Waals surface area contributed by atoms with Gasteiger partial charge in [-0.25, -0.2) is 0 Å². The third-order valence-electron chi connectivity index (χ3n) is 3.02. The van der Waals surface area contributed by atoms with E-state index in [1.54, 1.807) is 7.11 Å². The largest absolute Gasteiger partial charge is 0.389 e. The minimum absolute atomic E-state index is 0.330. The molecule has 4 heteroatoms. The lowest BCUT2D eigenvalue weighted by Gasteiger charge is -2.14. The number of aryl methyl sites for hydroxylation is 1. The number of ether oxygens (including phenoxy) is 1. The van der Waals surface area contributed by atoms with Crippen LogP contribution in [0.5, 0.6) is 0 Å². The molecule has 0 spiro atoms. The van der Waals surface area contributed by atoms with Gasteiger partial charge in [-0.2, -0.15) is 0 Å². The number of nitrogens with one attached hydrogen (secondary N) is 1. The van der Waals surface area contributed by atoms with Crippen LogP contribution in [0.4, 0.5) is 5.69 Å². The van der Waals surface area contributed by atoms with Crippen molar-refractivity contribution in [2.45, 2.75) is 19.4 Å². The van der Waals surface area contributed by atoms with Crippen molar-refractivity contribution in [2.75, 3.05) is 25.6 Å². The standard InChI is InChI=1S/C15H20N2O2/c1-3-11-8-15(16-9-12(18)10-19-2)13-6-4-5-7-14(13)17-11/h4-8,12,18H,3,9-10H2,1-2H3,(H,16,17). The Balaban J connectivity index is 2.25. The molecular formula is C15H20N2O2. The number of anilines is 1. The smallest absolute Gasteiger partial charge is 0.0945 e. The Labute approximate surface area is 113 Å². The van der Waals surface area contributed by atoms with Crippen LogP contribution in [-0.4, -0.2) is 36.5 Å². The minimum Gasteiger partial charge on any atom is -0.389 e. The summed E-state index contributed by atoms with van der Waals surface area (Å²) in [6.45, 7) is 2.88. The molecule has 2 rings (SSSR count). The average molecular weight is 260 g/mol. The molecule has 0 radical (unpaired) electrons. The monoisotopic (exact) mass is 260 g/mol. The second kappa shape index (κ2) is 6.50. The first kappa shape index (κ1) is 13.8. The van der Waals surface area contributed by atoms with E-state index >= 15 is 0 Å². The molecule has 0 saturated heterocycles. The average Bonchev–Trinajstić information content (AvgIpc) is 2.44. The number of nitrogens with zero attached hydrogens (tertiary/aromatic N) is 1. The third-order valence-corrected chi connectivity index (χ3v) is 3.02. The van der Waals surface area contributed by atoms with Gasteiger partial charge in [-0.15, -0.1) is 0 Å². The normalized spacial score (nSPS) is 12.6. The highest BCUT2D eigenvalue weighted by molar-refractivity contribution is 5.91. The van der Waals surface area contributed by atoms with Gasteiger partial charge in [0, 0.05) is 30.4 Å². The Bertz CT molecular complexity index is 543. The summed E-state index contributed by atoms with van der Waals surface area (Å²) in [6.07, 6.45) is 0.377. The number of benzene rings is 1. The van der Waals surface area contributed by atoms with Crippen molar-refractivity contribution in [3.8, 4) is 0 Å². The van der Waals surface area contributed by atoms with Crippen LogP contribution in [0.2, 0.25) is 0 Å². The van der Waals surface area contributed by atoms with Gasteiger partial charge in [0.2, 0.25) is 0 Å². The predicted molar refractivity (Wildman–Crippen MR) is 77.5 cm³/mol. The molecule has 2 N–H and O–H groups in total. The van der Waals surface area contributed by atoms with E-state index in [0.717, 1.165) is 28.7 Å². The van der Waals surface area contributed by atoms with Crippen molar-refractivity contribution in [3.05, 3.63) is 36.0 Å². The van der Waals surface area contributed by atoms with Gasteiger partial charge in [0.05, 0.1) is 18.2 Å². The van der Waals surface area contributed by atoms with Crippen LogP contribution in [0, 0.1) is 0 Å². The number of hydrogen-bond acceptors (Lipinski definition) is 4. The molecule has 1 heterocycles. The van der Waals surface area contributed by atoms with Crippen molar-refractivity contribution in [1.29, 1.82) is 0 Å². The summed E-state index contributed by atoms with van der Waals surface area (Å²) < 4.78 is 4.92. The highest BCUT2D eigenvalue weighted by Crippen LogP contribution is 2.23. The van der Waals surface area contributed by atoms with E-state index in [-0.39, 0.29) is 0 Å². The summed E-state index contributed by atoms with van der Waals surface area (Å²) in [7, 11) is 1.58. The molecule has 0 saturated carbocycles. The Kier molecular flexibility index (Phi) is 4.71. The van der Waals surface area contributed by atoms with Crippen LogP contribution < -0.4 is 5.32 Å². The fraction of sp³-hybridized carbons (Fsp3) is 0.400. The van der Waals surface area contributed by atoms with Crippen molar-refractivity contribution in [2.24, 2.45) is 0 Å². The number of fused-ring (bicyclic) bond motifs is 1. The quantitative estimate of drug-likeness (QED) is 0.836. The molecule has 1 unspecified atom stereocenters. The summed E-state index contributed by atoms with van der Waals surface area (Å²) in [5.41, 5.74) is 3.03. The van der Waals surface area contributed by atoms with E-state index in [0.29, 0.717) is 13.2 Å². The number of hydrogen-bond donors (Lipinski definition) is 2. The SMILES string of the molecule is CCc1cc(NCC(O)COC)c2ccccc2n1. The van der Waals surface area contributed by atoms with E-state index in [2.05, 4.69) is 17.2 Å². The summed E-state index contributed by atoms with van der Waals surface area (Å²) >= 11 is 0. The lowest BCUT2D eigenvalue weighted by molar-refractivity contribution is 0.0728. The number of aliphatic hydroxyl groups is 1. The van der Waals surface area contributed by atoms with Crippen LogP contribution >= 0.6 is 0 Å². The van der Waals surface area contributed by atoms with Crippen LogP contribution in [0.3, 0.4) is 0 Å². The maximum atomic E-state index is 9.71. The number of methoxy groups -OCH3 is 1. The van der Waals surface area contributed by atoms with Crippen LogP contribution in [0.25, 0.3) is 10.9 Å². The van der Waals surface area contributed by atoms with Gasteiger partial charge >= 0.3 is 0 Å². The highest BCUT2D eigenvalue weighted by Gasteiger charge is 2.07. The predicted octanol–water partition coefficient (Wildman–Crippen LogP) is 2.22. The van der Waals surface area contributed by atoms with Crippen LogP contribution in [0.15, 0.2) is 30.3 Å². The molecule has 1 aromatic carbocycles. The van der Waals surface area contributed by atoms with E-state index < -0.39 is 6.10 Å². The number of rotatable bonds is 6. The zero-order valence-corrected chi connectivity index (χ0v) is 11.4. The van der Waals surface area contributed by atoms with Crippen LogP contribution in [0.1, 0.15) is 12.6 Å². The zero-order chi connectivity index (χ0) is 13.7. The molecule has 102 valence electrons. The summed E-state index contributed by atoms with van der Waals surface area (Å²) in [6, 6.07) is 10.1. The van der Waals surface area contributed by atoms with Gasteiger partial charge in [-0.05, 0) is 18.6 Å². The molecule has 0 fully saturated rings. The Hall–Kier alpha value is -1.65. The maximum Gasteiger partial charge on any atom is 0.0945 e. The van der Waals surface area contributed by atoms with E-state index in [9.17, 15) is 5.11 Å². The first-order valence-corrected chi connectivity index (χ1v) is 6.54. The number of pyridine rings is 1. The molecule has 19 heavy (non-hydrogen) atoms. The Morgan fingerprint density at radius 2 is 2.16 bits per heavy atom. The topological polar surface area (TPSA) is 54.4 Å². The summed E-state index contributed by atoms with van der Waals surface area (Å²) in [5.74, 6) is 0.